The molecule has 0 radical (unpaired) electrons. The quantitative estimate of drug-likeness (QED) is 0.195. The molecule has 0 amide bonds. The van der Waals surface area contributed by atoms with Gasteiger partial charge in [0.25, 0.3) is 0 Å². The third-order valence-corrected chi connectivity index (χ3v) is 7.97. The Morgan fingerprint density at radius 3 is 1.87 bits per heavy atom. The maximum atomic E-state index is 14.3. The van der Waals surface area contributed by atoms with Gasteiger partial charge in [0, 0.05) is 0 Å². The molecule has 8 N–H and O–H groups in total. The Kier molecular flexibility index (Phi) is 7.79. The third-order valence-electron chi connectivity index (χ3n) is 7.97. The van der Waals surface area contributed by atoms with E-state index in [4.69, 9.17) is 14.2 Å². The number of para-hydroxylation sites is 1. The molecule has 0 bridgehead atoms. The molecule has 5 rings (SSSR count). The SMILES string of the molecule is O=C1c2ccccc2OC(c2ccccc2)(C2O[C@H](CO)[C@@H](O)[C@H](O)[C@H]2O)C1C1O[C@H](CO)[C@@H](O)[C@H](O)[C@H]1O. The minimum absolute atomic E-state index is 0.0872. The molecule has 12 nitrogen and oxygen atoms in total. The van der Waals surface area contributed by atoms with Crippen molar-refractivity contribution in [1.29, 1.82) is 0 Å². The van der Waals surface area contributed by atoms with Crippen LogP contribution >= 0.6 is 0 Å². The van der Waals surface area contributed by atoms with Crippen molar-refractivity contribution in [3.05, 3.63) is 65.7 Å². The molecule has 2 aromatic carbocycles. The first-order valence-corrected chi connectivity index (χ1v) is 12.7. The molecule has 12 atom stereocenters. The number of carbonyl (C=O) groups is 1. The Hall–Kier alpha value is -2.49. The highest BCUT2D eigenvalue weighted by atomic mass is 16.6. The molecule has 0 aromatic heterocycles. The lowest BCUT2D eigenvalue weighted by atomic mass is 9.65. The Labute approximate surface area is 223 Å². The molecule has 4 unspecified atom stereocenters. The average Bonchev–Trinajstić information content (AvgIpc) is 2.96. The van der Waals surface area contributed by atoms with Crippen molar-refractivity contribution in [3.63, 3.8) is 0 Å². The second-order valence-corrected chi connectivity index (χ2v) is 10.1. The van der Waals surface area contributed by atoms with E-state index >= 15 is 0 Å². The number of aliphatic hydroxyl groups is 8. The zero-order valence-electron chi connectivity index (χ0n) is 20.7. The van der Waals surface area contributed by atoms with Gasteiger partial charge in [-0.05, 0) is 17.7 Å². The molecule has 2 fully saturated rings. The molecule has 3 aliphatic rings. The van der Waals surface area contributed by atoms with Crippen LogP contribution < -0.4 is 4.74 Å². The Morgan fingerprint density at radius 2 is 1.23 bits per heavy atom. The van der Waals surface area contributed by atoms with Crippen molar-refractivity contribution in [1.82, 2.24) is 0 Å². The van der Waals surface area contributed by atoms with Gasteiger partial charge in [0.05, 0.1) is 24.7 Å². The Balaban J connectivity index is 1.77. The maximum Gasteiger partial charge on any atom is 0.176 e. The molecular formula is C27H32O12. The molecule has 0 spiro atoms. The molecule has 12 heteroatoms. The number of aliphatic hydroxyl groups excluding tert-OH is 8. The molecule has 3 aliphatic heterocycles. The number of hydrogen-bond acceptors (Lipinski definition) is 12. The second kappa shape index (κ2) is 10.8. The van der Waals surface area contributed by atoms with Gasteiger partial charge < -0.3 is 55.1 Å². The first-order valence-electron chi connectivity index (χ1n) is 12.7. The highest BCUT2D eigenvalue weighted by Crippen LogP contribution is 2.52. The smallest absolute Gasteiger partial charge is 0.176 e. The van der Waals surface area contributed by atoms with E-state index in [1.165, 1.54) is 12.1 Å². The number of carbonyl (C=O) groups excluding carboxylic acids is 1. The summed E-state index contributed by atoms with van der Waals surface area (Å²) in [5.41, 5.74) is -1.73. The number of Topliss-reactive ketones (excluding diaryl/α,β-unsaturated/α-hetero) is 1. The lowest BCUT2D eigenvalue weighted by Gasteiger charge is -2.56. The van der Waals surface area contributed by atoms with Crippen LogP contribution in [0.2, 0.25) is 0 Å². The second-order valence-electron chi connectivity index (χ2n) is 10.1. The van der Waals surface area contributed by atoms with Crippen molar-refractivity contribution in [2.45, 2.75) is 66.6 Å². The van der Waals surface area contributed by atoms with Gasteiger partial charge >= 0.3 is 0 Å². The summed E-state index contributed by atoms with van der Waals surface area (Å²) < 4.78 is 18.3. The summed E-state index contributed by atoms with van der Waals surface area (Å²) in [7, 11) is 0. The number of hydrogen-bond donors (Lipinski definition) is 8. The van der Waals surface area contributed by atoms with Crippen molar-refractivity contribution in [3.8, 4) is 5.75 Å². The summed E-state index contributed by atoms with van der Waals surface area (Å²) >= 11 is 0. The van der Waals surface area contributed by atoms with Crippen LogP contribution in [-0.4, -0.2) is 121 Å². The van der Waals surface area contributed by atoms with Crippen LogP contribution in [0.25, 0.3) is 0 Å². The Bertz CT molecular complexity index is 1160. The fourth-order valence-electron chi connectivity index (χ4n) is 5.96. The standard InChI is InChI=1S/C27H32O12/c28-10-15-19(31)21(33)23(35)25(37-15)17-18(30)13-8-4-5-9-14(13)39-27(17,12-6-2-1-3-7-12)26-24(36)22(34)20(32)16(11-29)38-26/h1-9,15-17,19-26,28-29,31-36H,10-11H2/t15-,16-,17?,19-,20-,21+,22+,23-,24-,25?,26?,27?/m1/s1. The highest BCUT2D eigenvalue weighted by Gasteiger charge is 2.66. The largest absolute Gasteiger partial charge is 0.478 e. The molecule has 212 valence electrons. The number of ketones is 1. The minimum Gasteiger partial charge on any atom is -0.478 e. The highest BCUT2D eigenvalue weighted by molar-refractivity contribution is 6.02. The zero-order valence-corrected chi connectivity index (χ0v) is 20.7. The summed E-state index contributed by atoms with van der Waals surface area (Å²) in [5, 5.41) is 84.3. The molecule has 3 heterocycles. The van der Waals surface area contributed by atoms with Gasteiger partial charge in [-0.15, -0.1) is 0 Å². The number of fused-ring (bicyclic) bond motifs is 1. The molecule has 2 saturated heterocycles. The van der Waals surface area contributed by atoms with Crippen LogP contribution in [0.3, 0.4) is 0 Å². The first-order chi connectivity index (χ1) is 18.7. The van der Waals surface area contributed by atoms with E-state index < -0.39 is 91.6 Å². The fraction of sp³-hybridized carbons (Fsp3) is 0.519. The van der Waals surface area contributed by atoms with Gasteiger partial charge in [-0.25, -0.2) is 0 Å². The van der Waals surface area contributed by atoms with E-state index in [2.05, 4.69) is 0 Å². The number of rotatable bonds is 5. The Morgan fingerprint density at radius 1 is 0.667 bits per heavy atom. The predicted molar refractivity (Wildman–Crippen MR) is 131 cm³/mol. The summed E-state index contributed by atoms with van der Waals surface area (Å²) in [4.78, 5) is 14.3. The van der Waals surface area contributed by atoms with Crippen LogP contribution in [0.15, 0.2) is 54.6 Å². The number of benzene rings is 2. The third kappa shape index (κ3) is 4.37. The maximum absolute atomic E-state index is 14.3. The summed E-state index contributed by atoms with van der Waals surface area (Å²) in [6, 6.07) is 14.3. The van der Waals surface area contributed by atoms with Crippen molar-refractivity contribution < 1.29 is 59.9 Å². The van der Waals surface area contributed by atoms with Crippen molar-refractivity contribution >= 4 is 5.78 Å². The molecule has 0 saturated carbocycles. The normalized spacial score (nSPS) is 42.5. The van der Waals surface area contributed by atoms with Crippen LogP contribution in [0.5, 0.6) is 5.75 Å². The van der Waals surface area contributed by atoms with Crippen LogP contribution in [-0.2, 0) is 15.1 Å². The van der Waals surface area contributed by atoms with Gasteiger partial charge in [0.1, 0.15) is 66.8 Å². The lowest BCUT2D eigenvalue weighted by Crippen LogP contribution is -2.72. The zero-order chi connectivity index (χ0) is 28.1. The van der Waals surface area contributed by atoms with Crippen molar-refractivity contribution in [2.75, 3.05) is 13.2 Å². The van der Waals surface area contributed by atoms with Gasteiger partial charge in [0.15, 0.2) is 11.4 Å². The van der Waals surface area contributed by atoms with E-state index in [0.717, 1.165) is 0 Å². The monoisotopic (exact) mass is 548 g/mol. The van der Waals surface area contributed by atoms with E-state index in [1.807, 2.05) is 0 Å². The average molecular weight is 549 g/mol. The van der Waals surface area contributed by atoms with Gasteiger partial charge in [-0.2, -0.15) is 0 Å². The topological polar surface area (TPSA) is 207 Å². The van der Waals surface area contributed by atoms with Gasteiger partial charge in [-0.1, -0.05) is 42.5 Å². The predicted octanol–water partition coefficient (Wildman–Crippen LogP) is -2.54. The first kappa shape index (κ1) is 28.1. The molecule has 2 aromatic rings. The van der Waals surface area contributed by atoms with Crippen molar-refractivity contribution in [2.24, 2.45) is 5.92 Å². The van der Waals surface area contributed by atoms with Crippen LogP contribution in [0.1, 0.15) is 15.9 Å². The van der Waals surface area contributed by atoms with Gasteiger partial charge in [0.2, 0.25) is 0 Å². The lowest BCUT2D eigenvalue weighted by molar-refractivity contribution is -0.295. The molecule has 39 heavy (non-hydrogen) atoms. The van der Waals surface area contributed by atoms with E-state index in [1.54, 1.807) is 42.5 Å². The van der Waals surface area contributed by atoms with Crippen LogP contribution in [0.4, 0.5) is 0 Å². The molecular weight excluding hydrogens is 516 g/mol. The number of ether oxygens (including phenoxy) is 3. The molecule has 0 aliphatic carbocycles. The van der Waals surface area contributed by atoms with Gasteiger partial charge in [-0.3, -0.25) is 4.79 Å². The van der Waals surface area contributed by atoms with Crippen LogP contribution in [0, 0.1) is 5.92 Å². The minimum atomic E-state index is -2.08. The van der Waals surface area contributed by atoms with E-state index in [-0.39, 0.29) is 16.9 Å². The van der Waals surface area contributed by atoms with E-state index in [0.29, 0.717) is 0 Å². The fourth-order valence-corrected chi connectivity index (χ4v) is 5.96. The summed E-state index contributed by atoms with van der Waals surface area (Å²) in [6.45, 7) is -1.50. The summed E-state index contributed by atoms with van der Waals surface area (Å²) in [6.07, 6.45) is -16.8. The summed E-state index contributed by atoms with van der Waals surface area (Å²) in [5.74, 6) is -2.14. The van der Waals surface area contributed by atoms with E-state index in [9.17, 15) is 45.6 Å².